The van der Waals surface area contributed by atoms with Crippen LogP contribution in [0.5, 0.6) is 5.75 Å². The molecule has 1 atom stereocenters. The molecule has 0 aromatic heterocycles. The molecule has 0 amide bonds. The van der Waals surface area contributed by atoms with Crippen LogP contribution in [0.3, 0.4) is 0 Å². The quantitative estimate of drug-likeness (QED) is 0.847. The van der Waals surface area contributed by atoms with Gasteiger partial charge in [0.25, 0.3) is 0 Å². The second-order valence-corrected chi connectivity index (χ2v) is 5.31. The van der Waals surface area contributed by atoms with E-state index < -0.39 is 5.67 Å². The number of benzene rings is 1. The maximum absolute atomic E-state index is 13.8. The molecule has 17 heavy (non-hydrogen) atoms. The Morgan fingerprint density at radius 1 is 1.47 bits per heavy atom. The summed E-state index contributed by atoms with van der Waals surface area (Å²) in [5.74, 6) is 0.270. The van der Waals surface area contributed by atoms with Crippen molar-refractivity contribution < 1.29 is 9.50 Å². The molecule has 1 aliphatic rings. The molecule has 2 rings (SSSR count). The first-order valence-corrected chi connectivity index (χ1v) is 6.21. The summed E-state index contributed by atoms with van der Waals surface area (Å²) >= 11 is 0. The van der Waals surface area contributed by atoms with Gasteiger partial charge in [-0.3, -0.25) is 0 Å². The van der Waals surface area contributed by atoms with E-state index in [1.807, 2.05) is 0 Å². The van der Waals surface area contributed by atoms with Crippen molar-refractivity contribution in [3.63, 3.8) is 0 Å². The number of rotatable bonds is 3. The van der Waals surface area contributed by atoms with E-state index in [1.165, 1.54) is 20.3 Å². The number of nitrogens with one attached hydrogen (secondary N) is 1. The lowest BCUT2D eigenvalue weighted by Crippen LogP contribution is -2.23. The highest BCUT2D eigenvalue weighted by Gasteiger charge is 2.21. The maximum Gasteiger partial charge on any atom is 0.130 e. The number of hydrogen-bond donors (Lipinski definition) is 2. The van der Waals surface area contributed by atoms with E-state index in [1.54, 1.807) is 18.2 Å². The van der Waals surface area contributed by atoms with E-state index in [-0.39, 0.29) is 5.75 Å². The molecule has 94 valence electrons. The van der Waals surface area contributed by atoms with Crippen LogP contribution < -0.4 is 5.32 Å². The van der Waals surface area contributed by atoms with Crippen molar-refractivity contribution in [2.75, 3.05) is 6.54 Å². The van der Waals surface area contributed by atoms with E-state index >= 15 is 0 Å². The van der Waals surface area contributed by atoms with E-state index in [0.29, 0.717) is 11.6 Å². The number of phenolic OH excluding ortho intramolecular Hbond substituents is 1. The fraction of sp³-hybridized carbons (Fsp3) is 0.571. The zero-order valence-electron chi connectivity index (χ0n) is 10.5. The van der Waals surface area contributed by atoms with Gasteiger partial charge in [0, 0.05) is 6.04 Å². The minimum Gasteiger partial charge on any atom is -0.508 e. The molecule has 0 aliphatic carbocycles. The Kier molecular flexibility index (Phi) is 3.38. The van der Waals surface area contributed by atoms with Gasteiger partial charge < -0.3 is 10.4 Å². The van der Waals surface area contributed by atoms with Gasteiger partial charge in [0.2, 0.25) is 0 Å². The molecule has 2 N–H and O–H groups in total. The number of aromatic hydroxyl groups is 1. The summed E-state index contributed by atoms with van der Waals surface area (Å²) in [6.45, 7) is 4.12. The Hall–Kier alpha value is -1.09. The molecular formula is C14H20FNO. The summed E-state index contributed by atoms with van der Waals surface area (Å²) in [6, 6.07) is 5.45. The van der Waals surface area contributed by atoms with Crippen molar-refractivity contribution in [2.45, 2.75) is 44.8 Å². The Morgan fingerprint density at radius 2 is 2.24 bits per heavy atom. The molecule has 1 aromatic rings. The highest BCUT2D eigenvalue weighted by molar-refractivity contribution is 5.38. The number of halogens is 1. The number of phenols is 1. The smallest absolute Gasteiger partial charge is 0.130 e. The average molecular weight is 237 g/mol. The fourth-order valence-electron chi connectivity index (χ4n) is 2.32. The molecule has 2 nitrogen and oxygen atoms in total. The fourth-order valence-corrected chi connectivity index (χ4v) is 2.32. The van der Waals surface area contributed by atoms with Crippen LogP contribution in [0, 0.1) is 0 Å². The van der Waals surface area contributed by atoms with E-state index in [4.69, 9.17) is 0 Å². The first-order valence-electron chi connectivity index (χ1n) is 6.21. The van der Waals surface area contributed by atoms with Crippen LogP contribution in [0.2, 0.25) is 0 Å². The SMILES string of the molecule is CC(C)(F)c1ccc(O)c(CC2CCCN2)c1. The molecule has 1 heterocycles. The van der Waals surface area contributed by atoms with E-state index in [0.717, 1.165) is 24.9 Å². The zero-order chi connectivity index (χ0) is 12.5. The van der Waals surface area contributed by atoms with Gasteiger partial charge in [0.15, 0.2) is 0 Å². The molecular weight excluding hydrogens is 217 g/mol. The highest BCUT2D eigenvalue weighted by atomic mass is 19.1. The lowest BCUT2D eigenvalue weighted by Gasteiger charge is -2.18. The summed E-state index contributed by atoms with van der Waals surface area (Å²) in [7, 11) is 0. The second kappa shape index (κ2) is 4.65. The number of hydrogen-bond acceptors (Lipinski definition) is 2. The molecule has 1 unspecified atom stereocenters. The van der Waals surface area contributed by atoms with Gasteiger partial charge in [-0.15, -0.1) is 0 Å². The Morgan fingerprint density at radius 3 is 2.82 bits per heavy atom. The first-order chi connectivity index (χ1) is 7.97. The molecule has 0 saturated carbocycles. The van der Waals surface area contributed by atoms with Crippen molar-refractivity contribution >= 4 is 0 Å². The minimum atomic E-state index is -1.36. The van der Waals surface area contributed by atoms with Gasteiger partial charge in [-0.2, -0.15) is 0 Å². The predicted molar refractivity (Wildman–Crippen MR) is 67.0 cm³/mol. The van der Waals surface area contributed by atoms with E-state index in [2.05, 4.69) is 5.32 Å². The molecule has 1 aromatic carbocycles. The molecule has 3 heteroatoms. The summed E-state index contributed by atoms with van der Waals surface area (Å²) in [6.07, 6.45) is 3.08. The van der Waals surface area contributed by atoms with Crippen molar-refractivity contribution in [2.24, 2.45) is 0 Å². The van der Waals surface area contributed by atoms with Crippen molar-refractivity contribution in [1.29, 1.82) is 0 Å². The standard InChI is InChI=1S/C14H20FNO/c1-14(2,15)11-5-6-13(17)10(8-11)9-12-4-3-7-16-12/h5-6,8,12,16-17H,3-4,7,9H2,1-2H3. The molecule has 1 aliphatic heterocycles. The van der Waals surface area contributed by atoms with Gasteiger partial charge in [0.05, 0.1) is 0 Å². The first kappa shape index (κ1) is 12.4. The van der Waals surface area contributed by atoms with Gasteiger partial charge in [0.1, 0.15) is 11.4 Å². The van der Waals surface area contributed by atoms with E-state index in [9.17, 15) is 9.50 Å². The zero-order valence-corrected chi connectivity index (χ0v) is 10.5. The van der Waals surface area contributed by atoms with Crippen molar-refractivity contribution in [1.82, 2.24) is 5.32 Å². The van der Waals surface area contributed by atoms with Gasteiger partial charge in [-0.25, -0.2) is 4.39 Å². The third-order valence-electron chi connectivity index (χ3n) is 3.39. The van der Waals surface area contributed by atoms with Crippen molar-refractivity contribution in [3.8, 4) is 5.75 Å². The molecule has 1 fully saturated rings. The van der Waals surface area contributed by atoms with Crippen LogP contribution >= 0.6 is 0 Å². The third-order valence-corrected chi connectivity index (χ3v) is 3.39. The van der Waals surface area contributed by atoms with Crippen LogP contribution in [0.4, 0.5) is 4.39 Å². The summed E-state index contributed by atoms with van der Waals surface area (Å²) in [5.41, 5.74) is 0.113. The van der Waals surface area contributed by atoms with Crippen LogP contribution in [-0.4, -0.2) is 17.7 Å². The Balaban J connectivity index is 2.20. The maximum atomic E-state index is 13.8. The normalized spacial score (nSPS) is 20.8. The van der Waals surface area contributed by atoms with Gasteiger partial charge in [-0.1, -0.05) is 6.07 Å². The second-order valence-electron chi connectivity index (χ2n) is 5.31. The molecule has 0 radical (unpaired) electrons. The number of alkyl halides is 1. The minimum absolute atomic E-state index is 0.270. The van der Waals surface area contributed by atoms with Crippen LogP contribution in [-0.2, 0) is 12.1 Å². The summed E-state index contributed by atoms with van der Waals surface area (Å²) in [4.78, 5) is 0. The highest BCUT2D eigenvalue weighted by Crippen LogP contribution is 2.30. The lowest BCUT2D eigenvalue weighted by atomic mass is 9.95. The van der Waals surface area contributed by atoms with Crippen LogP contribution in [0.15, 0.2) is 18.2 Å². The van der Waals surface area contributed by atoms with Crippen LogP contribution in [0.1, 0.15) is 37.8 Å². The van der Waals surface area contributed by atoms with Crippen LogP contribution in [0.25, 0.3) is 0 Å². The topological polar surface area (TPSA) is 32.3 Å². The Labute approximate surface area is 102 Å². The molecule has 1 saturated heterocycles. The lowest BCUT2D eigenvalue weighted by molar-refractivity contribution is 0.221. The van der Waals surface area contributed by atoms with Crippen molar-refractivity contribution in [3.05, 3.63) is 29.3 Å². The molecule has 0 bridgehead atoms. The summed E-state index contributed by atoms with van der Waals surface area (Å²) in [5, 5.41) is 13.2. The Bertz CT molecular complexity index is 392. The summed E-state index contributed by atoms with van der Waals surface area (Å²) < 4.78 is 13.8. The average Bonchev–Trinajstić information content (AvgIpc) is 2.72. The largest absolute Gasteiger partial charge is 0.508 e. The predicted octanol–water partition coefficient (Wildman–Crippen LogP) is 2.89. The van der Waals surface area contributed by atoms with Gasteiger partial charge in [-0.05, 0) is 62.9 Å². The molecule has 0 spiro atoms. The third kappa shape index (κ3) is 2.97. The van der Waals surface area contributed by atoms with Gasteiger partial charge >= 0.3 is 0 Å². The monoisotopic (exact) mass is 237 g/mol.